The molecule has 3 aromatic carbocycles. The summed E-state index contributed by atoms with van der Waals surface area (Å²) in [4.78, 5) is 12.7. The fraction of sp³-hybridized carbons (Fsp3) is 0.136. The molecule has 0 aliphatic carbocycles. The van der Waals surface area contributed by atoms with E-state index in [1.54, 1.807) is 0 Å². The predicted molar refractivity (Wildman–Crippen MR) is 117 cm³/mol. The lowest BCUT2D eigenvalue weighted by Gasteiger charge is -2.20. The number of anilines is 2. The molecule has 0 saturated carbocycles. The van der Waals surface area contributed by atoms with Crippen LogP contribution in [0.1, 0.15) is 21.5 Å². The van der Waals surface area contributed by atoms with Gasteiger partial charge in [0.2, 0.25) is 0 Å². The summed E-state index contributed by atoms with van der Waals surface area (Å²) < 4.78 is 40.2. The van der Waals surface area contributed by atoms with E-state index >= 15 is 0 Å². The van der Waals surface area contributed by atoms with Crippen molar-refractivity contribution in [3.05, 3.63) is 88.2 Å². The van der Waals surface area contributed by atoms with Crippen molar-refractivity contribution in [3.63, 3.8) is 0 Å². The molecule has 156 valence electrons. The molecule has 0 unspecified atom stereocenters. The van der Waals surface area contributed by atoms with Gasteiger partial charge >= 0.3 is 0 Å². The molecule has 8 heteroatoms. The molecular weight excluding hydrogens is 427 g/mol. The van der Waals surface area contributed by atoms with Crippen LogP contribution >= 0.6 is 11.6 Å². The van der Waals surface area contributed by atoms with Gasteiger partial charge in [-0.05, 0) is 73.5 Å². The molecule has 3 rings (SSSR count). The maximum atomic E-state index is 13.2. The Morgan fingerprint density at radius 1 is 1.00 bits per heavy atom. The van der Waals surface area contributed by atoms with Crippen molar-refractivity contribution in [1.82, 2.24) is 0 Å². The summed E-state index contributed by atoms with van der Waals surface area (Å²) in [5.74, 6) is -0.989. The van der Waals surface area contributed by atoms with Crippen LogP contribution in [0.5, 0.6) is 0 Å². The second-order valence-corrected chi connectivity index (χ2v) is 9.24. The Morgan fingerprint density at radius 3 is 2.33 bits per heavy atom. The predicted octanol–water partition coefficient (Wildman–Crippen LogP) is 5.17. The highest BCUT2D eigenvalue weighted by molar-refractivity contribution is 7.92. The molecule has 0 radical (unpaired) electrons. The smallest absolute Gasteiger partial charge is 0.264 e. The van der Waals surface area contributed by atoms with Crippen molar-refractivity contribution in [2.75, 3.05) is 16.7 Å². The van der Waals surface area contributed by atoms with Crippen LogP contribution in [-0.4, -0.2) is 21.4 Å². The molecule has 0 atom stereocenters. The summed E-state index contributed by atoms with van der Waals surface area (Å²) >= 11 is 6.18. The Bertz CT molecular complexity index is 1210. The summed E-state index contributed by atoms with van der Waals surface area (Å²) in [5.41, 5.74) is 2.77. The van der Waals surface area contributed by atoms with Crippen molar-refractivity contribution in [1.29, 1.82) is 0 Å². The Labute approximate surface area is 180 Å². The number of nitrogens with one attached hydrogen (secondary N) is 1. The SMILES string of the molecule is Cc1ccc(C)c(NC(=O)c2cc(S(=O)(=O)N(C)c3ccc(F)cc3)ccc2Cl)c1. The molecule has 0 spiro atoms. The third-order valence-electron chi connectivity index (χ3n) is 4.67. The Balaban J connectivity index is 1.95. The highest BCUT2D eigenvalue weighted by Crippen LogP contribution is 2.27. The fourth-order valence-corrected chi connectivity index (χ4v) is 4.27. The van der Waals surface area contributed by atoms with Gasteiger partial charge in [0.15, 0.2) is 0 Å². The maximum Gasteiger partial charge on any atom is 0.264 e. The van der Waals surface area contributed by atoms with E-state index in [2.05, 4.69) is 5.32 Å². The van der Waals surface area contributed by atoms with E-state index in [0.29, 0.717) is 5.69 Å². The Hall–Kier alpha value is -2.90. The monoisotopic (exact) mass is 446 g/mol. The molecule has 5 nitrogen and oxygen atoms in total. The van der Waals surface area contributed by atoms with Crippen LogP contribution in [0.4, 0.5) is 15.8 Å². The number of benzene rings is 3. The van der Waals surface area contributed by atoms with Gasteiger partial charge in [-0.15, -0.1) is 0 Å². The number of halogens is 2. The van der Waals surface area contributed by atoms with Gasteiger partial charge in [-0.25, -0.2) is 12.8 Å². The largest absolute Gasteiger partial charge is 0.322 e. The van der Waals surface area contributed by atoms with E-state index in [9.17, 15) is 17.6 Å². The Morgan fingerprint density at radius 2 is 1.67 bits per heavy atom. The molecule has 0 heterocycles. The highest BCUT2D eigenvalue weighted by atomic mass is 35.5. The van der Waals surface area contributed by atoms with Gasteiger partial charge in [-0.2, -0.15) is 0 Å². The van der Waals surface area contributed by atoms with E-state index < -0.39 is 21.7 Å². The molecular formula is C22H20ClFN2O3S. The summed E-state index contributed by atoms with van der Waals surface area (Å²) in [6, 6.07) is 14.6. The van der Waals surface area contributed by atoms with Crippen molar-refractivity contribution in [2.24, 2.45) is 0 Å². The first-order chi connectivity index (χ1) is 14.1. The third kappa shape index (κ3) is 4.47. The second kappa shape index (κ2) is 8.45. The van der Waals surface area contributed by atoms with Crippen molar-refractivity contribution >= 4 is 38.9 Å². The maximum absolute atomic E-state index is 13.2. The second-order valence-electron chi connectivity index (χ2n) is 6.86. The molecule has 30 heavy (non-hydrogen) atoms. The van der Waals surface area contributed by atoms with Crippen molar-refractivity contribution in [3.8, 4) is 0 Å². The average molecular weight is 447 g/mol. The molecule has 1 amide bonds. The zero-order chi connectivity index (χ0) is 22.1. The van der Waals surface area contributed by atoms with Crippen LogP contribution in [0, 0.1) is 19.7 Å². The molecule has 3 aromatic rings. The molecule has 0 fully saturated rings. The molecule has 0 aliphatic rings. The quantitative estimate of drug-likeness (QED) is 0.587. The first-order valence-corrected chi connectivity index (χ1v) is 10.8. The van der Waals surface area contributed by atoms with Crippen LogP contribution in [0.25, 0.3) is 0 Å². The lowest BCUT2D eigenvalue weighted by Crippen LogP contribution is -2.27. The summed E-state index contributed by atoms with van der Waals surface area (Å²) in [6.07, 6.45) is 0. The van der Waals surface area contributed by atoms with Crippen LogP contribution in [0.3, 0.4) is 0 Å². The van der Waals surface area contributed by atoms with Gasteiger partial charge in [-0.1, -0.05) is 23.7 Å². The molecule has 0 aromatic heterocycles. The zero-order valence-electron chi connectivity index (χ0n) is 16.6. The number of rotatable bonds is 5. The minimum atomic E-state index is -3.99. The highest BCUT2D eigenvalue weighted by Gasteiger charge is 2.24. The topological polar surface area (TPSA) is 66.5 Å². The van der Waals surface area contributed by atoms with E-state index in [1.165, 1.54) is 49.5 Å². The van der Waals surface area contributed by atoms with Gasteiger partial charge in [0.05, 0.1) is 21.2 Å². The summed E-state index contributed by atoms with van der Waals surface area (Å²) in [6.45, 7) is 3.76. The number of carbonyl (C=O) groups is 1. The lowest BCUT2D eigenvalue weighted by molar-refractivity contribution is 0.102. The molecule has 0 aliphatic heterocycles. The normalized spacial score (nSPS) is 11.2. The van der Waals surface area contributed by atoms with Gasteiger partial charge in [0.25, 0.3) is 15.9 Å². The zero-order valence-corrected chi connectivity index (χ0v) is 18.2. The van der Waals surface area contributed by atoms with E-state index in [0.717, 1.165) is 15.4 Å². The van der Waals surface area contributed by atoms with E-state index in [-0.39, 0.29) is 21.2 Å². The standard InChI is InChI=1S/C22H20ClFN2O3S/c1-14-4-5-15(2)21(12-14)25-22(27)19-13-18(10-11-20(19)23)30(28,29)26(3)17-8-6-16(24)7-9-17/h4-13H,1-3H3,(H,25,27). The van der Waals surface area contributed by atoms with E-state index in [4.69, 9.17) is 11.6 Å². The minimum Gasteiger partial charge on any atom is -0.322 e. The molecule has 1 N–H and O–H groups in total. The Kier molecular flexibility index (Phi) is 6.14. The number of carbonyl (C=O) groups excluding carboxylic acids is 1. The fourth-order valence-electron chi connectivity index (χ4n) is 2.85. The first kappa shape index (κ1) is 21.8. The minimum absolute atomic E-state index is 0.0335. The van der Waals surface area contributed by atoms with Crippen molar-refractivity contribution < 1.29 is 17.6 Å². The lowest BCUT2D eigenvalue weighted by atomic mass is 10.1. The third-order valence-corrected chi connectivity index (χ3v) is 6.78. The van der Waals surface area contributed by atoms with Crippen LogP contribution in [-0.2, 0) is 10.0 Å². The number of hydrogen-bond donors (Lipinski definition) is 1. The van der Waals surface area contributed by atoms with Crippen molar-refractivity contribution in [2.45, 2.75) is 18.7 Å². The molecule has 0 saturated heterocycles. The average Bonchev–Trinajstić information content (AvgIpc) is 2.70. The summed E-state index contributed by atoms with van der Waals surface area (Å²) in [7, 11) is -2.64. The number of hydrogen-bond acceptors (Lipinski definition) is 3. The van der Waals surface area contributed by atoms with Gasteiger partial charge < -0.3 is 5.32 Å². The van der Waals surface area contributed by atoms with Gasteiger partial charge in [0, 0.05) is 12.7 Å². The number of sulfonamides is 1. The number of nitrogens with zero attached hydrogens (tertiary/aromatic N) is 1. The summed E-state index contributed by atoms with van der Waals surface area (Å²) in [5, 5.41) is 2.91. The number of aryl methyl sites for hydroxylation is 2. The van der Waals surface area contributed by atoms with Crippen LogP contribution in [0.15, 0.2) is 65.6 Å². The first-order valence-electron chi connectivity index (χ1n) is 9.02. The van der Waals surface area contributed by atoms with Crippen LogP contribution < -0.4 is 9.62 Å². The van der Waals surface area contributed by atoms with Gasteiger partial charge in [0.1, 0.15) is 5.82 Å². The number of amides is 1. The van der Waals surface area contributed by atoms with E-state index in [1.807, 2.05) is 32.0 Å². The van der Waals surface area contributed by atoms with Gasteiger partial charge in [-0.3, -0.25) is 9.10 Å². The molecule has 0 bridgehead atoms. The van der Waals surface area contributed by atoms with Crippen LogP contribution in [0.2, 0.25) is 5.02 Å².